The van der Waals surface area contributed by atoms with E-state index in [1.807, 2.05) is 0 Å². The number of rotatable bonds is 3. The molecule has 124 valence electrons. The van der Waals surface area contributed by atoms with Crippen molar-refractivity contribution in [1.82, 2.24) is 9.62 Å². The Balaban J connectivity index is 1.72. The molecule has 0 aromatic heterocycles. The highest BCUT2D eigenvalue weighted by Gasteiger charge is 2.26. The average molecular weight is 355 g/mol. The number of nitrogens with zero attached hydrogens (tertiary/aromatic N) is 2. The zero-order valence-electron chi connectivity index (χ0n) is 12.4. The standard InChI is InChI=1S/C14H17N3O4S2/c18-13(16-14-15-5-10-22-14)11-1-3-12(4-2-11)23(19,20)17-6-8-21-9-7-17/h1-4H,5-10H2,(H,15,16,18). The zero-order chi connectivity index (χ0) is 16.3. The zero-order valence-corrected chi connectivity index (χ0v) is 14.0. The van der Waals surface area contributed by atoms with E-state index in [0.29, 0.717) is 43.6 Å². The fourth-order valence-corrected chi connectivity index (χ4v) is 4.43. The van der Waals surface area contributed by atoms with Gasteiger partial charge in [-0.15, -0.1) is 0 Å². The lowest BCUT2D eigenvalue weighted by Gasteiger charge is -2.26. The highest BCUT2D eigenvalue weighted by Crippen LogP contribution is 2.18. The first kappa shape index (κ1) is 16.4. The van der Waals surface area contributed by atoms with Gasteiger partial charge in [-0.25, -0.2) is 8.42 Å². The Kier molecular flexibility index (Phi) is 5.00. The lowest BCUT2D eigenvalue weighted by atomic mass is 10.2. The molecule has 0 aliphatic carbocycles. The molecule has 2 heterocycles. The quantitative estimate of drug-likeness (QED) is 0.855. The predicted molar refractivity (Wildman–Crippen MR) is 88.2 cm³/mol. The van der Waals surface area contributed by atoms with Gasteiger partial charge in [0.1, 0.15) is 0 Å². The largest absolute Gasteiger partial charge is 0.379 e. The van der Waals surface area contributed by atoms with Crippen LogP contribution in [0.1, 0.15) is 10.4 Å². The average Bonchev–Trinajstić information content (AvgIpc) is 3.09. The summed E-state index contributed by atoms with van der Waals surface area (Å²) in [5, 5.41) is 3.33. The molecule has 9 heteroatoms. The number of sulfonamides is 1. The Morgan fingerprint density at radius 1 is 1.22 bits per heavy atom. The van der Waals surface area contributed by atoms with Crippen LogP contribution in [0.5, 0.6) is 0 Å². The van der Waals surface area contributed by atoms with Crippen molar-refractivity contribution in [2.24, 2.45) is 4.99 Å². The van der Waals surface area contributed by atoms with Crippen molar-refractivity contribution in [3.63, 3.8) is 0 Å². The number of ether oxygens (including phenoxy) is 1. The van der Waals surface area contributed by atoms with Crippen LogP contribution in [0.2, 0.25) is 0 Å². The molecule has 0 bridgehead atoms. The summed E-state index contributed by atoms with van der Waals surface area (Å²) in [5.74, 6) is 0.584. The molecule has 0 atom stereocenters. The minimum atomic E-state index is -3.53. The number of hydrogen-bond donors (Lipinski definition) is 1. The van der Waals surface area contributed by atoms with E-state index < -0.39 is 10.0 Å². The second-order valence-electron chi connectivity index (χ2n) is 5.03. The highest BCUT2D eigenvalue weighted by atomic mass is 32.2. The molecule has 3 rings (SSSR count). The third-order valence-electron chi connectivity index (χ3n) is 3.53. The Hall–Kier alpha value is -1.42. The van der Waals surface area contributed by atoms with Crippen molar-refractivity contribution in [3.05, 3.63) is 29.8 Å². The van der Waals surface area contributed by atoms with E-state index in [1.165, 1.54) is 40.3 Å². The van der Waals surface area contributed by atoms with Gasteiger partial charge in [-0.1, -0.05) is 11.8 Å². The van der Waals surface area contributed by atoms with Gasteiger partial charge in [-0.2, -0.15) is 4.31 Å². The summed E-state index contributed by atoms with van der Waals surface area (Å²) >= 11 is 1.50. The van der Waals surface area contributed by atoms with Crippen LogP contribution in [-0.4, -0.2) is 62.4 Å². The molecule has 2 aliphatic rings. The molecule has 1 fully saturated rings. The number of thioether (sulfide) groups is 1. The Morgan fingerprint density at radius 2 is 1.91 bits per heavy atom. The molecule has 0 unspecified atom stereocenters. The Morgan fingerprint density at radius 3 is 2.52 bits per heavy atom. The highest BCUT2D eigenvalue weighted by molar-refractivity contribution is 8.14. The Bertz CT molecular complexity index is 710. The SMILES string of the molecule is O=C(NC1=NCCS1)c1ccc(S(=O)(=O)N2CCOCC2)cc1. The second kappa shape index (κ2) is 7.00. The first-order chi connectivity index (χ1) is 11.1. The summed E-state index contributed by atoms with van der Waals surface area (Å²) in [4.78, 5) is 16.4. The number of hydrogen-bond acceptors (Lipinski definition) is 6. The van der Waals surface area contributed by atoms with Gasteiger partial charge in [-0.3, -0.25) is 9.79 Å². The van der Waals surface area contributed by atoms with Crippen LogP contribution < -0.4 is 5.32 Å². The van der Waals surface area contributed by atoms with E-state index in [1.54, 1.807) is 0 Å². The van der Waals surface area contributed by atoms with Crippen LogP contribution in [0.15, 0.2) is 34.2 Å². The molecule has 1 amide bonds. The molecule has 1 saturated heterocycles. The number of amidine groups is 1. The second-order valence-corrected chi connectivity index (χ2v) is 8.05. The van der Waals surface area contributed by atoms with Crippen molar-refractivity contribution in [3.8, 4) is 0 Å². The molecule has 0 saturated carbocycles. The normalized spacial score (nSPS) is 19.4. The lowest BCUT2D eigenvalue weighted by molar-refractivity contribution is 0.0730. The minimum Gasteiger partial charge on any atom is -0.379 e. The fourth-order valence-electron chi connectivity index (χ4n) is 2.29. The van der Waals surface area contributed by atoms with Crippen molar-refractivity contribution < 1.29 is 17.9 Å². The molecule has 2 aliphatic heterocycles. The van der Waals surface area contributed by atoms with E-state index in [2.05, 4.69) is 10.3 Å². The molecule has 0 spiro atoms. The van der Waals surface area contributed by atoms with E-state index >= 15 is 0 Å². The monoisotopic (exact) mass is 355 g/mol. The number of benzene rings is 1. The fraction of sp³-hybridized carbons (Fsp3) is 0.429. The van der Waals surface area contributed by atoms with Crippen LogP contribution in [0.4, 0.5) is 0 Å². The maximum absolute atomic E-state index is 12.5. The summed E-state index contributed by atoms with van der Waals surface area (Å²) < 4.78 is 31.6. The van der Waals surface area contributed by atoms with Gasteiger partial charge in [0, 0.05) is 24.4 Å². The van der Waals surface area contributed by atoms with Gasteiger partial charge < -0.3 is 10.1 Å². The van der Waals surface area contributed by atoms with Crippen LogP contribution in [0.25, 0.3) is 0 Å². The summed E-state index contributed by atoms with van der Waals surface area (Å²) in [6, 6.07) is 5.96. The summed E-state index contributed by atoms with van der Waals surface area (Å²) in [5.41, 5.74) is 0.404. The molecule has 1 aromatic rings. The summed E-state index contributed by atoms with van der Waals surface area (Å²) in [6.45, 7) is 2.21. The number of carbonyl (C=O) groups excluding carboxylic acids is 1. The van der Waals surface area contributed by atoms with Gasteiger partial charge in [0.15, 0.2) is 5.17 Å². The van der Waals surface area contributed by atoms with Crippen molar-refractivity contribution in [2.45, 2.75) is 4.90 Å². The predicted octanol–water partition coefficient (Wildman–Crippen LogP) is 0.540. The molecule has 7 nitrogen and oxygen atoms in total. The maximum Gasteiger partial charge on any atom is 0.257 e. The maximum atomic E-state index is 12.5. The number of carbonyl (C=O) groups is 1. The minimum absolute atomic E-state index is 0.184. The molecular weight excluding hydrogens is 338 g/mol. The third kappa shape index (κ3) is 3.74. The summed E-state index contributed by atoms with van der Waals surface area (Å²) in [7, 11) is -3.53. The first-order valence-corrected chi connectivity index (χ1v) is 9.66. The van der Waals surface area contributed by atoms with Crippen LogP contribution >= 0.6 is 11.8 Å². The van der Waals surface area contributed by atoms with Gasteiger partial charge in [0.2, 0.25) is 10.0 Å². The van der Waals surface area contributed by atoms with E-state index in [0.717, 1.165) is 5.75 Å². The number of aliphatic imine (C=N–C) groups is 1. The van der Waals surface area contributed by atoms with Crippen LogP contribution in [0.3, 0.4) is 0 Å². The summed E-state index contributed by atoms with van der Waals surface area (Å²) in [6.07, 6.45) is 0. The van der Waals surface area contributed by atoms with Crippen molar-refractivity contribution >= 4 is 32.9 Å². The Labute approximate surface area is 139 Å². The van der Waals surface area contributed by atoms with E-state index in [9.17, 15) is 13.2 Å². The number of morpholine rings is 1. The molecule has 0 radical (unpaired) electrons. The first-order valence-electron chi connectivity index (χ1n) is 7.24. The topological polar surface area (TPSA) is 88.1 Å². The van der Waals surface area contributed by atoms with Crippen molar-refractivity contribution in [2.75, 3.05) is 38.6 Å². The van der Waals surface area contributed by atoms with Gasteiger partial charge in [0.25, 0.3) is 5.91 Å². The van der Waals surface area contributed by atoms with Crippen LogP contribution in [-0.2, 0) is 14.8 Å². The molecule has 23 heavy (non-hydrogen) atoms. The van der Waals surface area contributed by atoms with Gasteiger partial charge in [0.05, 0.1) is 24.7 Å². The molecule has 1 aromatic carbocycles. The van der Waals surface area contributed by atoms with E-state index in [-0.39, 0.29) is 10.8 Å². The third-order valence-corrected chi connectivity index (χ3v) is 6.33. The van der Waals surface area contributed by atoms with Gasteiger partial charge >= 0.3 is 0 Å². The smallest absolute Gasteiger partial charge is 0.257 e. The van der Waals surface area contributed by atoms with Crippen molar-refractivity contribution in [1.29, 1.82) is 0 Å². The van der Waals surface area contributed by atoms with E-state index in [4.69, 9.17) is 4.74 Å². The number of amides is 1. The van der Waals surface area contributed by atoms with Crippen LogP contribution in [0, 0.1) is 0 Å². The molecular formula is C14H17N3O4S2. The van der Waals surface area contributed by atoms with Gasteiger partial charge in [-0.05, 0) is 24.3 Å². The number of nitrogens with one attached hydrogen (secondary N) is 1. The molecule has 1 N–H and O–H groups in total. The lowest BCUT2D eigenvalue weighted by Crippen LogP contribution is -2.40.